The van der Waals surface area contributed by atoms with Gasteiger partial charge in [0, 0.05) is 17.7 Å². The highest BCUT2D eigenvalue weighted by molar-refractivity contribution is 6.05. The Morgan fingerprint density at radius 1 is 1.04 bits per heavy atom. The van der Waals surface area contributed by atoms with E-state index in [0.717, 1.165) is 19.3 Å². The number of rotatable bonds is 7. The molecule has 2 aromatic carbocycles. The Balaban J connectivity index is 1.66. The van der Waals surface area contributed by atoms with E-state index in [-0.39, 0.29) is 24.3 Å². The molecule has 0 aliphatic carbocycles. The van der Waals surface area contributed by atoms with Crippen molar-refractivity contribution in [3.05, 3.63) is 47.8 Å². The molecule has 3 rings (SSSR count). The largest absolute Gasteiger partial charge is 0.454 e. The Labute approximate surface area is 156 Å². The number of halogens is 1. The molecule has 2 N–H and O–H groups in total. The van der Waals surface area contributed by atoms with E-state index in [1.165, 1.54) is 18.2 Å². The molecule has 0 fully saturated rings. The molecule has 1 aliphatic rings. The molecule has 1 heterocycles. The maximum atomic E-state index is 14.0. The van der Waals surface area contributed by atoms with E-state index in [1.54, 1.807) is 18.2 Å². The summed E-state index contributed by atoms with van der Waals surface area (Å²) in [6.07, 6.45) is 3.04. The van der Waals surface area contributed by atoms with Gasteiger partial charge in [-0.25, -0.2) is 4.39 Å². The average Bonchev–Trinajstić information content (AvgIpc) is 3.12. The lowest BCUT2D eigenvalue weighted by atomic mass is 10.1. The Bertz CT molecular complexity index is 854. The molecule has 0 aromatic heterocycles. The summed E-state index contributed by atoms with van der Waals surface area (Å²) in [4.78, 5) is 24.3. The van der Waals surface area contributed by atoms with E-state index in [4.69, 9.17) is 9.47 Å². The van der Waals surface area contributed by atoms with Gasteiger partial charge in [0.2, 0.25) is 12.7 Å². The quantitative estimate of drug-likeness (QED) is 0.710. The lowest BCUT2D eigenvalue weighted by molar-refractivity contribution is -0.116. The second kappa shape index (κ2) is 8.53. The number of benzene rings is 2. The first kappa shape index (κ1) is 18.7. The van der Waals surface area contributed by atoms with Gasteiger partial charge in [-0.3, -0.25) is 9.59 Å². The van der Waals surface area contributed by atoms with Gasteiger partial charge in [-0.2, -0.15) is 0 Å². The second-order valence-corrected chi connectivity index (χ2v) is 6.22. The molecular weight excluding hydrogens is 351 g/mol. The van der Waals surface area contributed by atoms with E-state index >= 15 is 0 Å². The molecule has 0 unspecified atom stereocenters. The smallest absolute Gasteiger partial charge is 0.255 e. The van der Waals surface area contributed by atoms with Crippen LogP contribution < -0.4 is 20.1 Å². The third-order valence-corrected chi connectivity index (χ3v) is 4.14. The maximum absolute atomic E-state index is 14.0. The van der Waals surface area contributed by atoms with E-state index < -0.39 is 5.82 Å². The van der Waals surface area contributed by atoms with Crippen molar-refractivity contribution >= 4 is 23.2 Å². The van der Waals surface area contributed by atoms with Crippen LogP contribution in [0.25, 0.3) is 0 Å². The van der Waals surface area contributed by atoms with Crippen LogP contribution in [0.4, 0.5) is 15.8 Å². The van der Waals surface area contributed by atoms with Crippen molar-refractivity contribution in [2.75, 3.05) is 17.4 Å². The highest BCUT2D eigenvalue weighted by atomic mass is 19.1. The molecule has 0 bridgehead atoms. The van der Waals surface area contributed by atoms with Gasteiger partial charge < -0.3 is 20.1 Å². The van der Waals surface area contributed by atoms with Gasteiger partial charge in [-0.05, 0) is 42.8 Å². The number of hydrogen-bond acceptors (Lipinski definition) is 4. The van der Waals surface area contributed by atoms with Crippen molar-refractivity contribution in [2.45, 2.75) is 32.6 Å². The number of nitrogens with one attached hydrogen (secondary N) is 2. The summed E-state index contributed by atoms with van der Waals surface area (Å²) in [5, 5.41) is 5.24. The summed E-state index contributed by atoms with van der Waals surface area (Å²) in [5.74, 6) is -0.0927. The number of hydrogen-bond donors (Lipinski definition) is 2. The minimum atomic E-state index is -0.556. The summed E-state index contributed by atoms with van der Waals surface area (Å²) >= 11 is 0. The lowest BCUT2D eigenvalue weighted by Gasteiger charge is -2.10. The summed E-state index contributed by atoms with van der Waals surface area (Å²) in [5.41, 5.74) is 0.802. The number of ether oxygens (including phenoxy) is 2. The zero-order chi connectivity index (χ0) is 19.2. The van der Waals surface area contributed by atoms with Crippen molar-refractivity contribution in [1.82, 2.24) is 0 Å². The molecule has 0 saturated heterocycles. The third-order valence-electron chi connectivity index (χ3n) is 4.14. The molecule has 7 heteroatoms. The van der Waals surface area contributed by atoms with Crippen LogP contribution >= 0.6 is 0 Å². The minimum Gasteiger partial charge on any atom is -0.454 e. The Kier molecular flexibility index (Phi) is 5.90. The summed E-state index contributed by atoms with van der Waals surface area (Å²) in [6.45, 7) is 2.17. The van der Waals surface area contributed by atoms with Crippen molar-refractivity contribution in [2.24, 2.45) is 0 Å². The molecule has 27 heavy (non-hydrogen) atoms. The van der Waals surface area contributed by atoms with Gasteiger partial charge in [-0.15, -0.1) is 0 Å². The van der Waals surface area contributed by atoms with Crippen LogP contribution in [0.1, 0.15) is 43.0 Å². The van der Waals surface area contributed by atoms with E-state index in [1.807, 2.05) is 6.92 Å². The molecular formula is C20H21FN2O4. The van der Waals surface area contributed by atoms with Crippen molar-refractivity contribution in [3.63, 3.8) is 0 Å². The number of carbonyl (C=O) groups excluding carboxylic acids is 2. The van der Waals surface area contributed by atoms with Crippen molar-refractivity contribution in [1.29, 1.82) is 0 Å². The van der Waals surface area contributed by atoms with Crippen molar-refractivity contribution in [3.8, 4) is 11.5 Å². The second-order valence-electron chi connectivity index (χ2n) is 6.22. The molecule has 142 valence electrons. The van der Waals surface area contributed by atoms with Gasteiger partial charge in [-0.1, -0.05) is 19.8 Å². The first-order chi connectivity index (χ1) is 13.1. The number of amides is 2. The van der Waals surface area contributed by atoms with Crippen LogP contribution in [0.3, 0.4) is 0 Å². The first-order valence-corrected chi connectivity index (χ1v) is 8.87. The SMILES string of the molecule is CCCCCC(=O)Nc1cc(NC(=O)c2ccc3c(c2)OCO3)ccc1F. The van der Waals surface area contributed by atoms with Gasteiger partial charge >= 0.3 is 0 Å². The fraction of sp³-hybridized carbons (Fsp3) is 0.300. The predicted molar refractivity (Wildman–Crippen MR) is 99.7 cm³/mol. The fourth-order valence-corrected chi connectivity index (χ4v) is 2.69. The zero-order valence-corrected chi connectivity index (χ0v) is 15.0. The minimum absolute atomic E-state index is 0.0417. The number of fused-ring (bicyclic) bond motifs is 1. The van der Waals surface area contributed by atoms with E-state index in [2.05, 4.69) is 10.6 Å². The summed E-state index contributed by atoms with van der Waals surface area (Å²) in [7, 11) is 0. The van der Waals surface area contributed by atoms with Crippen LogP contribution in [0.15, 0.2) is 36.4 Å². The summed E-state index contributed by atoms with van der Waals surface area (Å²) < 4.78 is 24.4. The fourth-order valence-electron chi connectivity index (χ4n) is 2.69. The lowest BCUT2D eigenvalue weighted by Crippen LogP contribution is -2.14. The van der Waals surface area contributed by atoms with Gasteiger partial charge in [0.1, 0.15) is 5.82 Å². The maximum Gasteiger partial charge on any atom is 0.255 e. The third kappa shape index (κ3) is 4.75. The molecule has 6 nitrogen and oxygen atoms in total. The Morgan fingerprint density at radius 2 is 1.85 bits per heavy atom. The zero-order valence-electron chi connectivity index (χ0n) is 15.0. The molecule has 0 atom stereocenters. The van der Waals surface area contributed by atoms with Crippen molar-refractivity contribution < 1.29 is 23.5 Å². The number of unbranched alkanes of at least 4 members (excludes halogenated alkanes) is 2. The van der Waals surface area contributed by atoms with Crippen LogP contribution in [0, 0.1) is 5.82 Å². The first-order valence-electron chi connectivity index (χ1n) is 8.87. The predicted octanol–water partition coefficient (Wildman–Crippen LogP) is 4.33. The van der Waals surface area contributed by atoms with Crippen LogP contribution in [0.2, 0.25) is 0 Å². The molecule has 2 aromatic rings. The van der Waals surface area contributed by atoms with Gasteiger partial charge in [0.15, 0.2) is 11.5 Å². The standard InChI is InChI=1S/C20H21FN2O4/c1-2-3-4-5-19(24)23-16-11-14(7-8-15(16)21)22-20(25)13-6-9-17-18(10-13)27-12-26-17/h6-11H,2-5,12H2,1H3,(H,22,25)(H,23,24). The van der Waals surface area contributed by atoms with Gasteiger partial charge in [0.05, 0.1) is 5.69 Å². The molecule has 1 aliphatic heterocycles. The molecule has 0 spiro atoms. The highest BCUT2D eigenvalue weighted by Gasteiger charge is 2.17. The molecule has 2 amide bonds. The molecule has 0 radical (unpaired) electrons. The van der Waals surface area contributed by atoms with Crippen LogP contribution in [-0.2, 0) is 4.79 Å². The highest BCUT2D eigenvalue weighted by Crippen LogP contribution is 2.32. The topological polar surface area (TPSA) is 76.7 Å². The molecule has 0 saturated carbocycles. The van der Waals surface area contributed by atoms with Gasteiger partial charge in [0.25, 0.3) is 5.91 Å². The van der Waals surface area contributed by atoms with E-state index in [0.29, 0.717) is 29.2 Å². The van der Waals surface area contributed by atoms with Crippen LogP contribution in [0.5, 0.6) is 11.5 Å². The normalized spacial score (nSPS) is 11.9. The van der Waals surface area contributed by atoms with E-state index in [9.17, 15) is 14.0 Å². The Morgan fingerprint density at radius 3 is 2.67 bits per heavy atom. The number of carbonyl (C=O) groups is 2. The average molecular weight is 372 g/mol. The Hall–Kier alpha value is -3.09. The summed E-state index contributed by atoms with van der Waals surface area (Å²) in [6, 6.07) is 8.89. The monoisotopic (exact) mass is 372 g/mol. The van der Waals surface area contributed by atoms with Crippen LogP contribution in [-0.4, -0.2) is 18.6 Å². The number of anilines is 2.